The van der Waals surface area contributed by atoms with E-state index in [0.717, 1.165) is 12.1 Å². The second-order valence-electron chi connectivity index (χ2n) is 4.20. The van der Waals surface area contributed by atoms with Gasteiger partial charge in [0.15, 0.2) is 0 Å². The van der Waals surface area contributed by atoms with Crippen LogP contribution in [0.4, 0.5) is 0 Å². The highest BCUT2D eigenvalue weighted by Crippen LogP contribution is 2.38. The molecule has 0 atom stereocenters. The quantitative estimate of drug-likeness (QED) is 0.536. The molecule has 1 nitrogen and oxygen atoms in total. The molecule has 0 N–H and O–H groups in total. The molecule has 0 spiro atoms. The maximum Gasteiger partial charge on any atom is 0.0408 e. The molecule has 1 aliphatic carbocycles. The fourth-order valence-corrected chi connectivity index (χ4v) is 2.39. The lowest BCUT2D eigenvalue weighted by Gasteiger charge is -2.07. The lowest BCUT2D eigenvalue weighted by Crippen LogP contribution is -1.92. The van der Waals surface area contributed by atoms with E-state index in [1.807, 2.05) is 6.20 Å². The van der Waals surface area contributed by atoms with Crippen molar-refractivity contribution in [2.75, 3.05) is 0 Å². The van der Waals surface area contributed by atoms with Crippen molar-refractivity contribution in [2.24, 2.45) is 0 Å². The van der Waals surface area contributed by atoms with Gasteiger partial charge in [-0.1, -0.05) is 24.3 Å². The SMILES string of the molecule is Cc1ncc2c(c1C)-c1ccccc1C2. The van der Waals surface area contributed by atoms with Gasteiger partial charge in [-0.15, -0.1) is 0 Å². The van der Waals surface area contributed by atoms with E-state index in [9.17, 15) is 0 Å². The third-order valence-electron chi connectivity index (χ3n) is 3.32. The first-order valence-corrected chi connectivity index (χ1v) is 5.30. The zero-order valence-corrected chi connectivity index (χ0v) is 9.04. The van der Waals surface area contributed by atoms with Crippen molar-refractivity contribution in [3.63, 3.8) is 0 Å². The van der Waals surface area contributed by atoms with Gasteiger partial charge in [0.25, 0.3) is 0 Å². The van der Waals surface area contributed by atoms with Crippen LogP contribution in [0.1, 0.15) is 22.4 Å². The van der Waals surface area contributed by atoms with E-state index >= 15 is 0 Å². The number of fused-ring (bicyclic) bond motifs is 3. The number of hydrogen-bond acceptors (Lipinski definition) is 1. The van der Waals surface area contributed by atoms with Crippen LogP contribution in [0.2, 0.25) is 0 Å². The second-order valence-corrected chi connectivity index (χ2v) is 4.20. The van der Waals surface area contributed by atoms with E-state index in [-0.39, 0.29) is 0 Å². The highest BCUT2D eigenvalue weighted by atomic mass is 14.7. The Balaban J connectivity index is 2.36. The van der Waals surface area contributed by atoms with Crippen LogP contribution < -0.4 is 0 Å². The summed E-state index contributed by atoms with van der Waals surface area (Å²) in [7, 11) is 0. The molecule has 1 aliphatic rings. The van der Waals surface area contributed by atoms with Crippen LogP contribution in [-0.2, 0) is 6.42 Å². The van der Waals surface area contributed by atoms with Gasteiger partial charge in [0.05, 0.1) is 0 Å². The van der Waals surface area contributed by atoms with Gasteiger partial charge in [-0.05, 0) is 41.7 Å². The molecule has 2 aromatic rings. The Kier molecular flexibility index (Phi) is 1.69. The third-order valence-corrected chi connectivity index (χ3v) is 3.32. The Morgan fingerprint density at radius 2 is 1.87 bits per heavy atom. The van der Waals surface area contributed by atoms with Gasteiger partial charge in [0.1, 0.15) is 0 Å². The molecule has 0 amide bonds. The van der Waals surface area contributed by atoms with Crippen LogP contribution >= 0.6 is 0 Å². The first-order valence-electron chi connectivity index (χ1n) is 5.30. The second kappa shape index (κ2) is 2.93. The topological polar surface area (TPSA) is 12.9 Å². The summed E-state index contributed by atoms with van der Waals surface area (Å²) in [6.45, 7) is 4.25. The molecule has 0 saturated heterocycles. The molecular weight excluding hydrogens is 182 g/mol. The average Bonchev–Trinajstić information content (AvgIpc) is 2.62. The summed E-state index contributed by atoms with van der Waals surface area (Å²) in [5, 5.41) is 0. The normalized spacial score (nSPS) is 12.4. The van der Waals surface area contributed by atoms with Crippen molar-refractivity contribution in [3.8, 4) is 11.1 Å². The summed E-state index contributed by atoms with van der Waals surface area (Å²) in [6, 6.07) is 8.65. The molecule has 0 saturated carbocycles. The highest BCUT2D eigenvalue weighted by Gasteiger charge is 2.20. The summed E-state index contributed by atoms with van der Waals surface area (Å²) in [5.41, 5.74) is 8.10. The molecule has 1 heteroatoms. The van der Waals surface area contributed by atoms with E-state index in [1.54, 1.807) is 0 Å². The fraction of sp³-hybridized carbons (Fsp3) is 0.214. The van der Waals surface area contributed by atoms with Crippen molar-refractivity contribution in [1.82, 2.24) is 4.98 Å². The number of nitrogens with zero attached hydrogens (tertiary/aromatic N) is 1. The van der Waals surface area contributed by atoms with E-state index in [0.29, 0.717) is 0 Å². The zero-order valence-electron chi connectivity index (χ0n) is 9.04. The van der Waals surface area contributed by atoms with Crippen LogP contribution in [-0.4, -0.2) is 4.98 Å². The highest BCUT2D eigenvalue weighted by molar-refractivity contribution is 5.79. The van der Waals surface area contributed by atoms with E-state index < -0.39 is 0 Å². The molecule has 1 heterocycles. The Bertz CT molecular complexity index is 541. The van der Waals surface area contributed by atoms with Gasteiger partial charge in [-0.3, -0.25) is 4.98 Å². The molecule has 15 heavy (non-hydrogen) atoms. The Morgan fingerprint density at radius 3 is 2.73 bits per heavy atom. The van der Waals surface area contributed by atoms with Crippen molar-refractivity contribution in [2.45, 2.75) is 20.3 Å². The van der Waals surface area contributed by atoms with Crippen LogP contribution in [0.25, 0.3) is 11.1 Å². The smallest absolute Gasteiger partial charge is 0.0408 e. The van der Waals surface area contributed by atoms with Crippen LogP contribution in [0.5, 0.6) is 0 Å². The predicted octanol–water partition coefficient (Wildman–Crippen LogP) is 3.27. The first-order chi connectivity index (χ1) is 7.27. The number of pyridine rings is 1. The summed E-state index contributed by atoms with van der Waals surface area (Å²) in [6.07, 6.45) is 3.07. The molecule has 1 aromatic heterocycles. The van der Waals surface area contributed by atoms with Crippen LogP contribution in [0.15, 0.2) is 30.5 Å². The number of aromatic nitrogens is 1. The zero-order chi connectivity index (χ0) is 10.4. The van der Waals surface area contributed by atoms with Gasteiger partial charge in [-0.25, -0.2) is 0 Å². The van der Waals surface area contributed by atoms with Gasteiger partial charge < -0.3 is 0 Å². The molecular formula is C14H13N. The molecule has 3 rings (SSSR count). The fourth-order valence-electron chi connectivity index (χ4n) is 2.39. The molecule has 74 valence electrons. The molecule has 0 unspecified atom stereocenters. The third kappa shape index (κ3) is 1.13. The maximum atomic E-state index is 4.43. The number of hydrogen-bond donors (Lipinski definition) is 0. The van der Waals surface area contributed by atoms with Gasteiger partial charge >= 0.3 is 0 Å². The Labute approximate surface area is 89.8 Å². The number of aryl methyl sites for hydroxylation is 1. The minimum Gasteiger partial charge on any atom is -0.261 e. The predicted molar refractivity (Wildman–Crippen MR) is 62.0 cm³/mol. The largest absolute Gasteiger partial charge is 0.261 e. The maximum absolute atomic E-state index is 4.43. The summed E-state index contributed by atoms with van der Waals surface area (Å²) < 4.78 is 0. The summed E-state index contributed by atoms with van der Waals surface area (Å²) >= 11 is 0. The van der Waals surface area contributed by atoms with Gasteiger partial charge in [0, 0.05) is 18.3 Å². The summed E-state index contributed by atoms with van der Waals surface area (Å²) in [4.78, 5) is 4.43. The van der Waals surface area contributed by atoms with Crippen molar-refractivity contribution in [1.29, 1.82) is 0 Å². The summed E-state index contributed by atoms with van der Waals surface area (Å²) in [5.74, 6) is 0. The van der Waals surface area contributed by atoms with Crippen molar-refractivity contribution >= 4 is 0 Å². The van der Waals surface area contributed by atoms with Gasteiger partial charge in [-0.2, -0.15) is 0 Å². The monoisotopic (exact) mass is 195 g/mol. The van der Waals surface area contributed by atoms with Gasteiger partial charge in [0.2, 0.25) is 0 Å². The van der Waals surface area contributed by atoms with Crippen molar-refractivity contribution in [3.05, 3.63) is 52.8 Å². The first kappa shape index (κ1) is 8.66. The van der Waals surface area contributed by atoms with E-state index in [4.69, 9.17) is 0 Å². The lowest BCUT2D eigenvalue weighted by molar-refractivity contribution is 1.11. The van der Waals surface area contributed by atoms with Crippen LogP contribution in [0, 0.1) is 13.8 Å². The minimum atomic E-state index is 1.04. The number of rotatable bonds is 0. The number of benzene rings is 1. The molecule has 0 radical (unpaired) electrons. The van der Waals surface area contributed by atoms with E-state index in [1.165, 1.54) is 27.8 Å². The average molecular weight is 195 g/mol. The standard InChI is InChI=1S/C14H13N/c1-9-10(2)15-8-12-7-11-5-3-4-6-13(11)14(9)12/h3-6,8H,7H2,1-2H3. The molecule has 0 fully saturated rings. The Morgan fingerprint density at radius 1 is 1.07 bits per heavy atom. The minimum absolute atomic E-state index is 1.04. The molecule has 0 bridgehead atoms. The molecule has 0 aliphatic heterocycles. The molecule has 1 aromatic carbocycles. The van der Waals surface area contributed by atoms with E-state index in [2.05, 4.69) is 43.1 Å². The van der Waals surface area contributed by atoms with Crippen molar-refractivity contribution < 1.29 is 0 Å². The lowest BCUT2D eigenvalue weighted by atomic mass is 10.0. The Hall–Kier alpha value is -1.63. The van der Waals surface area contributed by atoms with Crippen LogP contribution in [0.3, 0.4) is 0 Å².